The van der Waals surface area contributed by atoms with Gasteiger partial charge >= 0.3 is 39.5 Å². The van der Waals surface area contributed by atoms with Gasteiger partial charge in [0.15, 0.2) is 12.2 Å². The number of aliphatic hydroxyl groups excluding tert-OH is 1. The molecule has 0 rings (SSSR count). The lowest BCUT2D eigenvalue weighted by atomic mass is 9.99. The topological polar surface area (TPSA) is 237 Å². The first-order valence-electron chi connectivity index (χ1n) is 35.9. The van der Waals surface area contributed by atoms with Gasteiger partial charge in [0.05, 0.1) is 26.4 Å². The van der Waals surface area contributed by atoms with Crippen LogP contribution in [-0.2, 0) is 65.4 Å². The minimum Gasteiger partial charge on any atom is -0.462 e. The number of unbranched alkanes of at least 4 members (excludes halogenated alkanes) is 34. The SMILES string of the molecule is CCCCCCCCCCCCCC(=O)OC[C@H](COP(=O)(O)OC[C@@H](O)COP(=O)(O)OC[C@@H](COC(=O)CCCCCCCCC(C)C)OC(=O)CCCCCCCCCC(C)C)OC(=O)CCCCCCCCCCCCCCCCC(C)CC. The molecule has 19 heteroatoms. The van der Waals surface area contributed by atoms with Gasteiger partial charge in [-0.3, -0.25) is 37.3 Å². The molecule has 0 amide bonds. The van der Waals surface area contributed by atoms with E-state index in [9.17, 15) is 43.2 Å². The molecule has 0 aromatic heterocycles. The molecule has 0 radical (unpaired) electrons. The molecule has 0 spiro atoms. The molecular weight excluding hydrogens is 1160 g/mol. The summed E-state index contributed by atoms with van der Waals surface area (Å²) < 4.78 is 68.2. The van der Waals surface area contributed by atoms with Crippen molar-refractivity contribution in [3.63, 3.8) is 0 Å². The Balaban J connectivity index is 5.21. The number of hydrogen-bond acceptors (Lipinski definition) is 15. The van der Waals surface area contributed by atoms with Crippen molar-refractivity contribution in [3.05, 3.63) is 0 Å². The van der Waals surface area contributed by atoms with E-state index in [-0.39, 0.29) is 25.7 Å². The molecule has 0 fully saturated rings. The molecule has 0 aromatic carbocycles. The summed E-state index contributed by atoms with van der Waals surface area (Å²) >= 11 is 0. The summed E-state index contributed by atoms with van der Waals surface area (Å²) in [6.45, 7) is 11.7. The van der Waals surface area contributed by atoms with Gasteiger partial charge in [0.1, 0.15) is 19.3 Å². The predicted molar refractivity (Wildman–Crippen MR) is 354 cm³/mol. The summed E-state index contributed by atoms with van der Waals surface area (Å²) in [6, 6.07) is 0. The van der Waals surface area contributed by atoms with Crippen molar-refractivity contribution in [1.29, 1.82) is 0 Å². The van der Waals surface area contributed by atoms with E-state index in [1.54, 1.807) is 0 Å². The second-order valence-corrected chi connectivity index (χ2v) is 29.0. The number of ether oxygens (including phenoxy) is 4. The molecule has 3 unspecified atom stereocenters. The van der Waals surface area contributed by atoms with Gasteiger partial charge in [-0.2, -0.15) is 0 Å². The number of esters is 4. The van der Waals surface area contributed by atoms with Crippen LogP contribution in [0.15, 0.2) is 0 Å². The van der Waals surface area contributed by atoms with Crippen molar-refractivity contribution in [1.82, 2.24) is 0 Å². The highest BCUT2D eigenvalue weighted by atomic mass is 31.2. The maximum Gasteiger partial charge on any atom is 0.472 e. The Labute approximate surface area is 537 Å². The fraction of sp³-hybridized carbons (Fsp3) is 0.942. The summed E-state index contributed by atoms with van der Waals surface area (Å²) in [5.74, 6) is 0.0895. The maximum absolute atomic E-state index is 13.0. The molecule has 0 heterocycles. The molecule has 0 saturated heterocycles. The van der Waals surface area contributed by atoms with Crippen LogP contribution in [0.5, 0.6) is 0 Å². The fourth-order valence-corrected chi connectivity index (χ4v) is 11.9. The average molecular weight is 1300 g/mol. The molecule has 0 aliphatic carbocycles. The smallest absolute Gasteiger partial charge is 0.462 e. The number of hydrogen-bond donors (Lipinski definition) is 3. The van der Waals surface area contributed by atoms with Crippen molar-refractivity contribution in [2.75, 3.05) is 39.6 Å². The van der Waals surface area contributed by atoms with Gasteiger partial charge in [-0.25, -0.2) is 9.13 Å². The standard InChI is InChI=1S/C69H134O17P2/c1-8-10-11-12-13-14-19-23-28-36-43-50-66(71)79-56-64(85-68(73)52-45-38-29-24-21-18-16-15-17-20-22-27-35-42-49-62(7)9-2)58-83-87(75,76)81-54-63(70)55-82-88(77,78)84-59-65(57-80-67(72)51-44-37-32-31-34-41-48-61(5)6)86-69(74)53-46-39-30-25-26-33-40-47-60(3)4/h60-65,70H,8-59H2,1-7H3,(H,75,76)(H,77,78)/t62?,63-,64-,65-/m1/s1. The second kappa shape index (κ2) is 60.0. The Bertz CT molecular complexity index is 1730. The molecule has 0 aromatic rings. The first-order chi connectivity index (χ1) is 42.3. The molecule has 88 heavy (non-hydrogen) atoms. The lowest BCUT2D eigenvalue weighted by Gasteiger charge is -2.21. The van der Waals surface area contributed by atoms with Crippen LogP contribution in [0, 0.1) is 17.8 Å². The van der Waals surface area contributed by atoms with Crippen molar-refractivity contribution < 1.29 is 80.2 Å². The normalized spacial score (nSPS) is 14.5. The van der Waals surface area contributed by atoms with Gasteiger partial charge in [0.2, 0.25) is 0 Å². The minimum atomic E-state index is -4.95. The van der Waals surface area contributed by atoms with E-state index in [0.717, 1.165) is 102 Å². The van der Waals surface area contributed by atoms with Gasteiger partial charge in [0.25, 0.3) is 0 Å². The summed E-state index contributed by atoms with van der Waals surface area (Å²) in [4.78, 5) is 72.4. The lowest BCUT2D eigenvalue weighted by molar-refractivity contribution is -0.161. The van der Waals surface area contributed by atoms with Crippen LogP contribution >= 0.6 is 15.6 Å². The number of carbonyl (C=O) groups is 4. The molecule has 0 aliphatic rings. The van der Waals surface area contributed by atoms with Crippen molar-refractivity contribution in [3.8, 4) is 0 Å². The van der Waals surface area contributed by atoms with Gasteiger partial charge in [-0.15, -0.1) is 0 Å². The zero-order valence-electron chi connectivity index (χ0n) is 57.2. The van der Waals surface area contributed by atoms with E-state index in [1.807, 2.05) is 0 Å². The Morgan fingerprint density at radius 2 is 0.580 bits per heavy atom. The van der Waals surface area contributed by atoms with Crippen LogP contribution in [0.2, 0.25) is 0 Å². The van der Waals surface area contributed by atoms with Crippen LogP contribution in [0.25, 0.3) is 0 Å². The first-order valence-corrected chi connectivity index (χ1v) is 38.9. The second-order valence-electron chi connectivity index (χ2n) is 26.1. The zero-order valence-corrected chi connectivity index (χ0v) is 59.0. The largest absolute Gasteiger partial charge is 0.472 e. The Morgan fingerprint density at radius 1 is 0.330 bits per heavy atom. The van der Waals surface area contributed by atoms with Crippen LogP contribution in [0.3, 0.4) is 0 Å². The van der Waals surface area contributed by atoms with Gasteiger partial charge in [0, 0.05) is 25.7 Å². The van der Waals surface area contributed by atoms with E-state index >= 15 is 0 Å². The van der Waals surface area contributed by atoms with E-state index in [0.29, 0.717) is 37.5 Å². The molecule has 0 bridgehead atoms. The molecule has 6 atom stereocenters. The Morgan fingerprint density at radius 3 is 0.864 bits per heavy atom. The monoisotopic (exact) mass is 1300 g/mol. The Kier molecular flexibility index (Phi) is 58.7. The summed E-state index contributed by atoms with van der Waals surface area (Å²) in [6.07, 6.45) is 43.2. The first kappa shape index (κ1) is 86.1. The van der Waals surface area contributed by atoms with Crippen LogP contribution in [0.4, 0.5) is 0 Å². The summed E-state index contributed by atoms with van der Waals surface area (Å²) in [5.41, 5.74) is 0. The number of carbonyl (C=O) groups excluding carboxylic acids is 4. The molecule has 3 N–H and O–H groups in total. The van der Waals surface area contributed by atoms with Gasteiger partial charge in [-0.1, -0.05) is 292 Å². The van der Waals surface area contributed by atoms with Gasteiger partial charge < -0.3 is 33.8 Å². The van der Waals surface area contributed by atoms with Crippen molar-refractivity contribution >= 4 is 39.5 Å². The highest BCUT2D eigenvalue weighted by Gasteiger charge is 2.30. The molecule has 0 aliphatic heterocycles. The van der Waals surface area contributed by atoms with Crippen molar-refractivity contribution in [2.24, 2.45) is 17.8 Å². The molecule has 522 valence electrons. The molecular formula is C69H134O17P2. The third-order valence-corrected chi connectivity index (χ3v) is 18.1. The van der Waals surface area contributed by atoms with E-state index < -0.39 is 97.5 Å². The van der Waals surface area contributed by atoms with Crippen LogP contribution in [0.1, 0.15) is 344 Å². The zero-order chi connectivity index (χ0) is 65.2. The fourth-order valence-electron chi connectivity index (χ4n) is 10.3. The van der Waals surface area contributed by atoms with Gasteiger partial charge in [-0.05, 0) is 43.4 Å². The number of phosphoric ester groups is 2. The number of aliphatic hydroxyl groups is 1. The van der Waals surface area contributed by atoms with E-state index in [4.69, 9.17) is 37.0 Å². The van der Waals surface area contributed by atoms with E-state index in [2.05, 4.69) is 48.5 Å². The molecule has 0 saturated carbocycles. The summed E-state index contributed by atoms with van der Waals surface area (Å²) in [7, 11) is -9.90. The maximum atomic E-state index is 13.0. The molecule has 17 nitrogen and oxygen atoms in total. The predicted octanol–water partition coefficient (Wildman–Crippen LogP) is 19.5. The lowest BCUT2D eigenvalue weighted by Crippen LogP contribution is -2.30. The Hall–Kier alpha value is -1.94. The average Bonchev–Trinajstić information content (AvgIpc) is 3.70. The van der Waals surface area contributed by atoms with Crippen molar-refractivity contribution in [2.45, 2.75) is 362 Å². The van der Waals surface area contributed by atoms with Crippen LogP contribution in [-0.4, -0.2) is 96.7 Å². The third-order valence-electron chi connectivity index (χ3n) is 16.2. The third kappa shape index (κ3) is 61.6. The summed E-state index contributed by atoms with van der Waals surface area (Å²) in [5, 5.41) is 10.6. The number of phosphoric acid groups is 2. The highest BCUT2D eigenvalue weighted by Crippen LogP contribution is 2.45. The number of rotatable bonds is 67. The highest BCUT2D eigenvalue weighted by molar-refractivity contribution is 7.47. The minimum absolute atomic E-state index is 0.102. The van der Waals surface area contributed by atoms with E-state index in [1.165, 1.54) is 148 Å². The van der Waals surface area contributed by atoms with Crippen LogP contribution < -0.4 is 0 Å². The quantitative estimate of drug-likeness (QED) is 0.0222.